The zero-order chi connectivity index (χ0) is 22.1. The van der Waals surface area contributed by atoms with E-state index in [1.807, 2.05) is 39.0 Å². The minimum Gasteiger partial charge on any atom is -0.326 e. The molecular weight excluding hydrogens is 417 g/mol. The number of amides is 1. The van der Waals surface area contributed by atoms with E-state index < -0.39 is 5.82 Å². The third-order valence-electron chi connectivity index (χ3n) is 5.19. The Labute approximate surface area is 184 Å². The molecule has 0 atom stereocenters. The zero-order valence-electron chi connectivity index (χ0n) is 17.4. The van der Waals surface area contributed by atoms with Gasteiger partial charge in [0.15, 0.2) is 0 Å². The predicted octanol–water partition coefficient (Wildman–Crippen LogP) is 4.96. The van der Waals surface area contributed by atoms with Crippen molar-refractivity contribution in [2.24, 2.45) is 0 Å². The Morgan fingerprint density at radius 2 is 1.97 bits per heavy atom. The lowest BCUT2D eigenvalue weighted by Gasteiger charge is -2.09. The molecule has 0 aliphatic heterocycles. The zero-order valence-corrected chi connectivity index (χ0v) is 18.1. The Hall–Kier alpha value is -3.45. The van der Waals surface area contributed by atoms with E-state index in [9.17, 15) is 9.18 Å². The quantitative estimate of drug-likeness (QED) is 0.480. The molecule has 31 heavy (non-hydrogen) atoms. The Kier molecular flexibility index (Phi) is 5.61. The van der Waals surface area contributed by atoms with E-state index in [1.165, 1.54) is 12.4 Å². The van der Waals surface area contributed by atoms with E-state index in [0.29, 0.717) is 16.4 Å². The average molecular weight is 438 g/mol. The summed E-state index contributed by atoms with van der Waals surface area (Å²) in [7, 11) is 0. The SMILES string of the molecule is Cc1ccc(-n2nc(C)c(CC(=O)Nc3ccc(-n4ccnc4)c(F)c3)c2C)cc1Cl. The van der Waals surface area contributed by atoms with Crippen LogP contribution in [0.15, 0.2) is 55.1 Å². The van der Waals surface area contributed by atoms with Crippen molar-refractivity contribution in [1.82, 2.24) is 19.3 Å². The molecule has 2 aromatic heterocycles. The molecule has 1 N–H and O–H groups in total. The Balaban J connectivity index is 1.52. The van der Waals surface area contributed by atoms with Crippen LogP contribution in [0.3, 0.4) is 0 Å². The van der Waals surface area contributed by atoms with Gasteiger partial charge in [0, 0.05) is 34.4 Å². The van der Waals surface area contributed by atoms with Gasteiger partial charge < -0.3 is 9.88 Å². The number of carbonyl (C=O) groups is 1. The molecule has 0 spiro atoms. The van der Waals surface area contributed by atoms with Crippen LogP contribution < -0.4 is 5.32 Å². The number of aromatic nitrogens is 4. The average Bonchev–Trinajstić information content (AvgIpc) is 3.34. The van der Waals surface area contributed by atoms with Gasteiger partial charge >= 0.3 is 0 Å². The van der Waals surface area contributed by atoms with Crippen LogP contribution in [-0.4, -0.2) is 25.2 Å². The van der Waals surface area contributed by atoms with Crippen molar-refractivity contribution in [1.29, 1.82) is 0 Å². The third-order valence-corrected chi connectivity index (χ3v) is 5.60. The molecule has 6 nitrogen and oxygen atoms in total. The minimum absolute atomic E-state index is 0.127. The number of hydrogen-bond donors (Lipinski definition) is 1. The molecule has 0 aliphatic rings. The summed E-state index contributed by atoms with van der Waals surface area (Å²) >= 11 is 6.25. The van der Waals surface area contributed by atoms with Crippen molar-refractivity contribution < 1.29 is 9.18 Å². The van der Waals surface area contributed by atoms with Crippen molar-refractivity contribution in [3.05, 3.63) is 88.5 Å². The molecule has 4 rings (SSSR count). The molecule has 2 aromatic carbocycles. The Bertz CT molecular complexity index is 1260. The van der Waals surface area contributed by atoms with Crippen molar-refractivity contribution in [3.63, 3.8) is 0 Å². The first-order valence-electron chi connectivity index (χ1n) is 9.73. The lowest BCUT2D eigenvalue weighted by atomic mass is 10.1. The van der Waals surface area contributed by atoms with Crippen LogP contribution in [-0.2, 0) is 11.2 Å². The summed E-state index contributed by atoms with van der Waals surface area (Å²) in [6.07, 6.45) is 4.87. The fourth-order valence-corrected chi connectivity index (χ4v) is 3.63. The van der Waals surface area contributed by atoms with Gasteiger partial charge in [0.1, 0.15) is 5.82 Å². The number of halogens is 2. The molecule has 4 aromatic rings. The highest BCUT2D eigenvalue weighted by Crippen LogP contribution is 2.24. The van der Waals surface area contributed by atoms with E-state index in [0.717, 1.165) is 28.2 Å². The van der Waals surface area contributed by atoms with Gasteiger partial charge in [-0.25, -0.2) is 14.1 Å². The molecule has 0 fully saturated rings. The van der Waals surface area contributed by atoms with Gasteiger partial charge in [-0.05, 0) is 56.7 Å². The third kappa shape index (κ3) is 4.22. The van der Waals surface area contributed by atoms with Crippen LogP contribution in [0.25, 0.3) is 11.4 Å². The van der Waals surface area contributed by atoms with Gasteiger partial charge in [-0.15, -0.1) is 0 Å². The monoisotopic (exact) mass is 437 g/mol. The lowest BCUT2D eigenvalue weighted by Crippen LogP contribution is -2.15. The van der Waals surface area contributed by atoms with E-state index in [-0.39, 0.29) is 12.3 Å². The maximum absolute atomic E-state index is 14.4. The minimum atomic E-state index is -0.452. The van der Waals surface area contributed by atoms with E-state index in [1.54, 1.807) is 33.8 Å². The first-order valence-corrected chi connectivity index (χ1v) is 10.1. The van der Waals surface area contributed by atoms with Crippen LogP contribution in [0.2, 0.25) is 5.02 Å². The van der Waals surface area contributed by atoms with E-state index in [2.05, 4.69) is 15.4 Å². The molecule has 2 heterocycles. The van der Waals surface area contributed by atoms with Gasteiger partial charge in [0.25, 0.3) is 0 Å². The largest absolute Gasteiger partial charge is 0.326 e. The molecule has 0 saturated heterocycles. The number of imidazole rings is 1. The molecular formula is C23H21ClFN5O. The van der Waals surface area contributed by atoms with E-state index >= 15 is 0 Å². The fraction of sp³-hybridized carbons (Fsp3) is 0.174. The van der Waals surface area contributed by atoms with E-state index in [4.69, 9.17) is 11.6 Å². The van der Waals surface area contributed by atoms with Crippen molar-refractivity contribution in [2.45, 2.75) is 27.2 Å². The number of anilines is 1. The highest BCUT2D eigenvalue weighted by Gasteiger charge is 2.17. The van der Waals surface area contributed by atoms with Gasteiger partial charge in [0.05, 0.1) is 29.8 Å². The van der Waals surface area contributed by atoms with Crippen molar-refractivity contribution >= 4 is 23.2 Å². The van der Waals surface area contributed by atoms with Gasteiger partial charge in [-0.1, -0.05) is 17.7 Å². The second-order valence-corrected chi connectivity index (χ2v) is 7.76. The maximum Gasteiger partial charge on any atom is 0.228 e. The molecule has 0 aliphatic carbocycles. The topological polar surface area (TPSA) is 64.7 Å². The fourth-order valence-electron chi connectivity index (χ4n) is 3.46. The smallest absolute Gasteiger partial charge is 0.228 e. The second-order valence-electron chi connectivity index (χ2n) is 7.36. The maximum atomic E-state index is 14.4. The number of carbonyl (C=O) groups excluding carboxylic acids is 1. The summed E-state index contributed by atoms with van der Waals surface area (Å²) in [5.41, 5.74) is 5.00. The van der Waals surface area contributed by atoms with Gasteiger partial charge in [-0.3, -0.25) is 4.79 Å². The van der Waals surface area contributed by atoms with Crippen molar-refractivity contribution in [2.75, 3.05) is 5.32 Å². The number of hydrogen-bond acceptors (Lipinski definition) is 3. The molecule has 0 saturated carbocycles. The highest BCUT2D eigenvalue weighted by molar-refractivity contribution is 6.31. The first kappa shape index (κ1) is 20.8. The molecule has 1 amide bonds. The Morgan fingerprint density at radius 1 is 1.16 bits per heavy atom. The first-order chi connectivity index (χ1) is 14.8. The summed E-state index contributed by atoms with van der Waals surface area (Å²) < 4.78 is 17.8. The summed E-state index contributed by atoms with van der Waals surface area (Å²) in [6, 6.07) is 10.3. The normalized spacial score (nSPS) is 11.0. The molecule has 158 valence electrons. The van der Waals surface area contributed by atoms with Crippen LogP contribution in [0, 0.1) is 26.6 Å². The van der Waals surface area contributed by atoms with Crippen LogP contribution in [0.1, 0.15) is 22.5 Å². The molecule has 8 heteroatoms. The summed E-state index contributed by atoms with van der Waals surface area (Å²) in [5, 5.41) is 7.99. The lowest BCUT2D eigenvalue weighted by molar-refractivity contribution is -0.115. The second kappa shape index (κ2) is 8.35. The summed E-state index contributed by atoms with van der Waals surface area (Å²) in [5.74, 6) is -0.699. The number of benzene rings is 2. The number of aryl methyl sites for hydroxylation is 2. The number of nitrogens with zero attached hydrogens (tertiary/aromatic N) is 4. The summed E-state index contributed by atoms with van der Waals surface area (Å²) in [4.78, 5) is 16.6. The van der Waals surface area contributed by atoms with Crippen molar-refractivity contribution in [3.8, 4) is 11.4 Å². The number of nitrogens with one attached hydrogen (secondary N) is 1. The Morgan fingerprint density at radius 3 is 2.65 bits per heavy atom. The standard InChI is InChI=1S/C23H21ClFN5O/c1-14-4-6-18(11-20(14)24)30-16(3)19(15(2)28-30)12-23(31)27-17-5-7-22(21(25)10-17)29-9-8-26-13-29/h4-11,13H,12H2,1-3H3,(H,27,31). The highest BCUT2D eigenvalue weighted by atomic mass is 35.5. The number of rotatable bonds is 5. The van der Waals surface area contributed by atoms with Gasteiger partial charge in [-0.2, -0.15) is 5.10 Å². The van der Waals surface area contributed by atoms with Gasteiger partial charge in [0.2, 0.25) is 5.91 Å². The predicted molar refractivity (Wildman–Crippen MR) is 119 cm³/mol. The summed E-state index contributed by atoms with van der Waals surface area (Å²) in [6.45, 7) is 5.71. The van der Waals surface area contributed by atoms with Crippen LogP contribution >= 0.6 is 11.6 Å². The van der Waals surface area contributed by atoms with Crippen LogP contribution in [0.5, 0.6) is 0 Å². The molecule has 0 unspecified atom stereocenters. The van der Waals surface area contributed by atoms with Crippen LogP contribution in [0.4, 0.5) is 10.1 Å². The molecule has 0 radical (unpaired) electrons. The molecule has 0 bridgehead atoms.